The highest BCUT2D eigenvalue weighted by Crippen LogP contribution is 2.09. The number of rotatable bonds is 3. The Balaban J connectivity index is 1.90. The summed E-state index contributed by atoms with van der Waals surface area (Å²) in [6.07, 6.45) is 0. The van der Waals surface area contributed by atoms with E-state index in [2.05, 4.69) is 5.32 Å². The minimum absolute atomic E-state index is 0.146. The number of imide groups is 1. The standard InChI is InChI=1S/C17H17N3O3/c1-11-6-8-12(9-7-11)10-19-16(22)17(23)20-15(21)13-4-2-3-5-14(13)18/h2-9H,10,18H2,1H3,(H,19,22)(H,20,21,23). The van der Waals surface area contributed by atoms with Gasteiger partial charge in [0.1, 0.15) is 0 Å². The van der Waals surface area contributed by atoms with Crippen LogP contribution in [-0.4, -0.2) is 17.7 Å². The Hall–Kier alpha value is -3.15. The van der Waals surface area contributed by atoms with Gasteiger partial charge in [0.05, 0.1) is 5.56 Å². The molecule has 4 N–H and O–H groups in total. The summed E-state index contributed by atoms with van der Waals surface area (Å²) in [5.74, 6) is -2.61. The number of carbonyl (C=O) groups is 3. The van der Waals surface area contributed by atoms with Crippen LogP contribution in [0.5, 0.6) is 0 Å². The predicted octanol–water partition coefficient (Wildman–Crippen LogP) is 1.15. The van der Waals surface area contributed by atoms with E-state index >= 15 is 0 Å². The number of hydrogen-bond donors (Lipinski definition) is 3. The minimum atomic E-state index is -1.02. The number of para-hydroxylation sites is 1. The minimum Gasteiger partial charge on any atom is -0.398 e. The third-order valence-electron chi connectivity index (χ3n) is 3.21. The van der Waals surface area contributed by atoms with Crippen molar-refractivity contribution in [2.45, 2.75) is 13.5 Å². The number of hydrogen-bond acceptors (Lipinski definition) is 4. The summed E-state index contributed by atoms with van der Waals surface area (Å²) < 4.78 is 0. The molecule has 0 fully saturated rings. The van der Waals surface area contributed by atoms with E-state index in [9.17, 15) is 14.4 Å². The fourth-order valence-corrected chi connectivity index (χ4v) is 1.90. The molecule has 0 unspecified atom stereocenters. The van der Waals surface area contributed by atoms with Crippen LogP contribution in [0.2, 0.25) is 0 Å². The van der Waals surface area contributed by atoms with Gasteiger partial charge in [0.25, 0.3) is 5.91 Å². The summed E-state index contributed by atoms with van der Waals surface area (Å²) in [4.78, 5) is 35.4. The third kappa shape index (κ3) is 4.41. The van der Waals surface area contributed by atoms with Crippen molar-refractivity contribution in [1.29, 1.82) is 0 Å². The number of nitrogens with two attached hydrogens (primary N) is 1. The topological polar surface area (TPSA) is 101 Å². The van der Waals surface area contributed by atoms with Gasteiger partial charge in [0.2, 0.25) is 0 Å². The smallest absolute Gasteiger partial charge is 0.316 e. The number of amides is 3. The number of anilines is 1. The lowest BCUT2D eigenvalue weighted by molar-refractivity contribution is -0.138. The second kappa shape index (κ2) is 7.22. The quantitative estimate of drug-likeness (QED) is 0.584. The Kier molecular flexibility index (Phi) is 5.09. The first-order valence-electron chi connectivity index (χ1n) is 7.01. The van der Waals surface area contributed by atoms with Gasteiger partial charge in [-0.1, -0.05) is 42.0 Å². The van der Waals surface area contributed by atoms with Gasteiger partial charge in [-0.3, -0.25) is 19.7 Å². The van der Waals surface area contributed by atoms with Crippen molar-refractivity contribution >= 4 is 23.4 Å². The average molecular weight is 311 g/mol. The van der Waals surface area contributed by atoms with Crippen LogP contribution in [0.15, 0.2) is 48.5 Å². The summed E-state index contributed by atoms with van der Waals surface area (Å²) in [5.41, 5.74) is 7.98. The van der Waals surface area contributed by atoms with Gasteiger partial charge in [0.15, 0.2) is 0 Å². The van der Waals surface area contributed by atoms with Gasteiger partial charge in [0, 0.05) is 12.2 Å². The van der Waals surface area contributed by atoms with Crippen molar-refractivity contribution < 1.29 is 14.4 Å². The molecule has 0 heterocycles. The van der Waals surface area contributed by atoms with E-state index in [4.69, 9.17) is 5.73 Å². The van der Waals surface area contributed by atoms with E-state index in [-0.39, 0.29) is 17.8 Å². The lowest BCUT2D eigenvalue weighted by Crippen LogP contribution is -2.42. The Morgan fingerprint density at radius 1 is 0.957 bits per heavy atom. The van der Waals surface area contributed by atoms with Crippen LogP contribution in [0, 0.1) is 6.92 Å². The highest BCUT2D eigenvalue weighted by atomic mass is 16.2. The van der Waals surface area contributed by atoms with Crippen LogP contribution in [0.4, 0.5) is 5.69 Å². The van der Waals surface area contributed by atoms with Gasteiger partial charge < -0.3 is 11.1 Å². The Morgan fingerprint density at radius 2 is 1.61 bits per heavy atom. The monoisotopic (exact) mass is 311 g/mol. The average Bonchev–Trinajstić information content (AvgIpc) is 2.54. The zero-order valence-electron chi connectivity index (χ0n) is 12.6. The van der Waals surface area contributed by atoms with Crippen LogP contribution < -0.4 is 16.4 Å². The van der Waals surface area contributed by atoms with Gasteiger partial charge in [-0.2, -0.15) is 0 Å². The molecule has 2 aromatic carbocycles. The fraction of sp³-hybridized carbons (Fsp3) is 0.118. The van der Waals surface area contributed by atoms with Crippen molar-refractivity contribution in [3.05, 3.63) is 65.2 Å². The molecular weight excluding hydrogens is 294 g/mol. The van der Waals surface area contributed by atoms with Crippen molar-refractivity contribution in [1.82, 2.24) is 10.6 Å². The summed E-state index contributed by atoms with van der Waals surface area (Å²) >= 11 is 0. The van der Waals surface area contributed by atoms with E-state index in [0.717, 1.165) is 11.1 Å². The maximum absolute atomic E-state index is 11.9. The molecule has 3 amide bonds. The zero-order chi connectivity index (χ0) is 16.8. The SMILES string of the molecule is Cc1ccc(CNC(=O)C(=O)NC(=O)c2ccccc2N)cc1. The van der Waals surface area contributed by atoms with E-state index in [1.54, 1.807) is 12.1 Å². The first kappa shape index (κ1) is 16.2. The van der Waals surface area contributed by atoms with Crippen LogP contribution >= 0.6 is 0 Å². The third-order valence-corrected chi connectivity index (χ3v) is 3.21. The molecule has 0 spiro atoms. The molecule has 0 saturated heterocycles. The van der Waals surface area contributed by atoms with E-state index in [1.165, 1.54) is 12.1 Å². The lowest BCUT2D eigenvalue weighted by atomic mass is 10.1. The van der Waals surface area contributed by atoms with Gasteiger partial charge in [-0.05, 0) is 24.6 Å². The van der Waals surface area contributed by atoms with Crippen molar-refractivity contribution in [3.63, 3.8) is 0 Å². The summed E-state index contributed by atoms with van der Waals surface area (Å²) in [7, 11) is 0. The Bertz CT molecular complexity index is 739. The summed E-state index contributed by atoms with van der Waals surface area (Å²) in [5, 5.41) is 4.47. The van der Waals surface area contributed by atoms with E-state index in [0.29, 0.717) is 0 Å². The number of carbonyl (C=O) groups excluding carboxylic acids is 3. The number of nitrogen functional groups attached to an aromatic ring is 1. The molecule has 0 aliphatic heterocycles. The highest BCUT2D eigenvalue weighted by molar-refractivity contribution is 6.38. The number of nitrogens with one attached hydrogen (secondary N) is 2. The predicted molar refractivity (Wildman–Crippen MR) is 86.4 cm³/mol. The molecule has 0 radical (unpaired) electrons. The van der Waals surface area contributed by atoms with Crippen LogP contribution in [0.3, 0.4) is 0 Å². The van der Waals surface area contributed by atoms with E-state index in [1.807, 2.05) is 36.5 Å². The molecule has 0 saturated carbocycles. The van der Waals surface area contributed by atoms with Crippen molar-refractivity contribution in [2.75, 3.05) is 5.73 Å². The fourth-order valence-electron chi connectivity index (χ4n) is 1.90. The van der Waals surface area contributed by atoms with Crippen LogP contribution in [0.25, 0.3) is 0 Å². The zero-order valence-corrected chi connectivity index (χ0v) is 12.6. The molecule has 6 heteroatoms. The molecule has 0 atom stereocenters. The maximum Gasteiger partial charge on any atom is 0.316 e. The molecule has 2 rings (SSSR count). The van der Waals surface area contributed by atoms with Gasteiger partial charge in [-0.15, -0.1) is 0 Å². The Labute approximate surface area is 133 Å². The summed E-state index contributed by atoms with van der Waals surface area (Å²) in [6.45, 7) is 2.16. The molecule has 6 nitrogen and oxygen atoms in total. The molecule has 0 bridgehead atoms. The molecule has 118 valence electrons. The molecule has 2 aromatic rings. The van der Waals surface area contributed by atoms with Crippen LogP contribution in [-0.2, 0) is 16.1 Å². The van der Waals surface area contributed by atoms with Crippen molar-refractivity contribution in [3.8, 4) is 0 Å². The first-order valence-corrected chi connectivity index (χ1v) is 7.01. The second-order valence-electron chi connectivity index (χ2n) is 5.04. The molecular formula is C17H17N3O3. The maximum atomic E-state index is 11.9. The summed E-state index contributed by atoms with van der Waals surface area (Å²) in [6, 6.07) is 13.8. The molecule has 0 aromatic heterocycles. The largest absolute Gasteiger partial charge is 0.398 e. The first-order chi connectivity index (χ1) is 11.0. The second-order valence-corrected chi connectivity index (χ2v) is 5.04. The molecule has 23 heavy (non-hydrogen) atoms. The van der Waals surface area contributed by atoms with Gasteiger partial charge in [-0.25, -0.2) is 0 Å². The molecule has 0 aliphatic carbocycles. The number of aryl methyl sites for hydroxylation is 1. The number of benzene rings is 2. The highest BCUT2D eigenvalue weighted by Gasteiger charge is 2.18. The Morgan fingerprint density at radius 3 is 2.26 bits per heavy atom. The van der Waals surface area contributed by atoms with Crippen LogP contribution in [0.1, 0.15) is 21.5 Å². The van der Waals surface area contributed by atoms with E-state index < -0.39 is 17.7 Å². The lowest BCUT2D eigenvalue weighted by Gasteiger charge is -2.07. The normalized spacial score (nSPS) is 9.96. The van der Waals surface area contributed by atoms with Gasteiger partial charge >= 0.3 is 11.8 Å². The van der Waals surface area contributed by atoms with Crippen molar-refractivity contribution in [2.24, 2.45) is 0 Å². The molecule has 0 aliphatic rings.